The Hall–Kier alpha value is -0.530. The molecule has 110 valence electrons. The lowest BCUT2D eigenvalue weighted by molar-refractivity contribution is -0.697. The summed E-state index contributed by atoms with van der Waals surface area (Å²) in [6, 6.07) is 8.55. The van der Waals surface area contributed by atoms with Crippen LogP contribution < -0.4 is 28.5 Å². The van der Waals surface area contributed by atoms with E-state index < -0.39 is 0 Å². The number of aryl methyl sites for hydroxylation is 2. The van der Waals surface area contributed by atoms with Crippen molar-refractivity contribution in [2.45, 2.75) is 26.8 Å². The molecular weight excluding hydrogens is 459 g/mol. The topological polar surface area (TPSA) is 16.8 Å². The fourth-order valence-corrected chi connectivity index (χ4v) is 3.81. The third-order valence-electron chi connectivity index (χ3n) is 3.16. The highest BCUT2D eigenvalue weighted by Gasteiger charge is 2.12. The average molecular weight is 475 g/mol. The van der Waals surface area contributed by atoms with Gasteiger partial charge in [0, 0.05) is 6.42 Å². The molecule has 0 N–H and O–H groups in total. The predicted molar refractivity (Wildman–Crippen MR) is 88.0 cm³/mol. The van der Waals surface area contributed by atoms with Gasteiger partial charge in [-0.05, 0) is 46.6 Å². The minimum absolute atomic E-state index is 0. The summed E-state index contributed by atoms with van der Waals surface area (Å²) in [5.74, 6) is 0. The molecule has 1 aromatic carbocycles. The summed E-state index contributed by atoms with van der Waals surface area (Å²) in [5.41, 5.74) is 3.53. The summed E-state index contributed by atoms with van der Waals surface area (Å²) in [4.78, 5) is 4.75. The minimum Gasteiger partial charge on any atom is -1.00 e. The van der Waals surface area contributed by atoms with Gasteiger partial charge in [0.1, 0.15) is 11.6 Å². The number of thiazole rings is 1. The zero-order valence-electron chi connectivity index (χ0n) is 11.9. The van der Waals surface area contributed by atoms with Gasteiger partial charge in [-0.15, -0.1) is 11.3 Å². The molecule has 21 heavy (non-hydrogen) atoms. The van der Waals surface area contributed by atoms with Crippen molar-refractivity contribution in [3.8, 4) is 10.6 Å². The minimum atomic E-state index is 0. The Morgan fingerprint density at radius 2 is 2.05 bits per heavy atom. The van der Waals surface area contributed by atoms with Crippen LogP contribution in [0.1, 0.15) is 18.9 Å². The van der Waals surface area contributed by atoms with Gasteiger partial charge in [-0.25, -0.2) is 9.55 Å². The third kappa shape index (κ3) is 3.81. The van der Waals surface area contributed by atoms with Crippen molar-refractivity contribution in [1.29, 1.82) is 0 Å². The van der Waals surface area contributed by atoms with Crippen LogP contribution >= 0.6 is 27.3 Å². The third-order valence-corrected chi connectivity index (χ3v) is 4.66. The van der Waals surface area contributed by atoms with Gasteiger partial charge in [0.2, 0.25) is 0 Å². The van der Waals surface area contributed by atoms with Gasteiger partial charge in [0.05, 0.1) is 20.3 Å². The summed E-state index contributed by atoms with van der Waals surface area (Å²) < 4.78 is 4.57. The molecule has 0 spiro atoms. The maximum atomic E-state index is 4.75. The Balaban J connectivity index is 0.00000161. The fourth-order valence-electron chi connectivity index (χ4n) is 2.26. The SMILES string of the molecule is CCC[n+]1cc(Br)cc(-c2nc3ccc(C)cc3s2)c1.[I-]. The van der Waals surface area contributed by atoms with Crippen LogP contribution in [0.25, 0.3) is 20.8 Å². The van der Waals surface area contributed by atoms with Crippen LogP contribution in [0.4, 0.5) is 0 Å². The zero-order valence-corrected chi connectivity index (χ0v) is 16.5. The van der Waals surface area contributed by atoms with Crippen molar-refractivity contribution >= 4 is 37.5 Å². The van der Waals surface area contributed by atoms with Gasteiger partial charge >= 0.3 is 0 Å². The second-order valence-electron chi connectivity index (χ2n) is 4.97. The maximum Gasteiger partial charge on any atom is 0.183 e. The van der Waals surface area contributed by atoms with Gasteiger partial charge in [0.25, 0.3) is 0 Å². The lowest BCUT2D eigenvalue weighted by atomic mass is 10.2. The molecule has 0 bridgehead atoms. The number of nitrogens with zero attached hydrogens (tertiary/aromatic N) is 2. The van der Waals surface area contributed by atoms with E-state index in [0.717, 1.165) is 28.0 Å². The van der Waals surface area contributed by atoms with Gasteiger partial charge in [-0.2, -0.15) is 0 Å². The smallest absolute Gasteiger partial charge is 0.183 e. The first kappa shape index (κ1) is 16.8. The van der Waals surface area contributed by atoms with Crippen molar-refractivity contribution in [3.63, 3.8) is 0 Å². The van der Waals surface area contributed by atoms with E-state index in [1.807, 2.05) is 0 Å². The summed E-state index contributed by atoms with van der Waals surface area (Å²) in [6.45, 7) is 5.33. The van der Waals surface area contributed by atoms with Crippen molar-refractivity contribution in [2.24, 2.45) is 0 Å². The summed E-state index contributed by atoms with van der Waals surface area (Å²) in [7, 11) is 0. The first-order valence-electron chi connectivity index (χ1n) is 6.73. The second kappa shape index (κ2) is 7.15. The van der Waals surface area contributed by atoms with Crippen LogP contribution in [0.15, 0.2) is 41.1 Å². The van der Waals surface area contributed by atoms with Gasteiger partial charge in [0.15, 0.2) is 12.4 Å². The Morgan fingerprint density at radius 1 is 1.24 bits per heavy atom. The van der Waals surface area contributed by atoms with Crippen LogP contribution in [0, 0.1) is 6.92 Å². The van der Waals surface area contributed by atoms with Crippen molar-refractivity contribution < 1.29 is 28.5 Å². The number of fused-ring (bicyclic) bond motifs is 1. The fraction of sp³-hybridized carbons (Fsp3) is 0.250. The Morgan fingerprint density at radius 3 is 2.81 bits per heavy atom. The molecule has 2 heterocycles. The standard InChI is InChI=1S/C16H16BrN2S.HI/c1-3-6-19-9-12(8-13(17)10-19)16-18-14-5-4-11(2)7-15(14)20-16;/h4-5,7-10H,3,6H2,1-2H3;1H/q+1;/p-1. The van der Waals surface area contributed by atoms with E-state index in [1.165, 1.54) is 15.8 Å². The van der Waals surface area contributed by atoms with Crippen molar-refractivity contribution in [2.75, 3.05) is 0 Å². The number of benzene rings is 1. The Bertz CT molecular complexity index is 770. The maximum absolute atomic E-state index is 4.75. The van der Waals surface area contributed by atoms with E-state index in [9.17, 15) is 0 Å². The number of hydrogen-bond acceptors (Lipinski definition) is 2. The highest BCUT2D eigenvalue weighted by atomic mass is 127. The number of hydrogen-bond donors (Lipinski definition) is 0. The molecule has 0 aliphatic rings. The molecule has 3 aromatic rings. The van der Waals surface area contributed by atoms with Crippen LogP contribution in [0.2, 0.25) is 0 Å². The molecule has 5 heteroatoms. The quantitative estimate of drug-likeness (QED) is 0.417. The number of aromatic nitrogens is 2. The van der Waals surface area contributed by atoms with Crippen LogP contribution in [0.3, 0.4) is 0 Å². The number of rotatable bonds is 3. The molecule has 0 saturated carbocycles. The van der Waals surface area contributed by atoms with Gasteiger partial charge in [-0.1, -0.05) is 13.0 Å². The monoisotopic (exact) mass is 474 g/mol. The first-order valence-corrected chi connectivity index (χ1v) is 8.34. The van der Waals surface area contributed by atoms with E-state index in [2.05, 4.69) is 71.0 Å². The van der Waals surface area contributed by atoms with E-state index in [0.29, 0.717) is 0 Å². The molecule has 0 aliphatic heterocycles. The zero-order chi connectivity index (χ0) is 14.1. The predicted octanol–water partition coefficient (Wildman–Crippen LogP) is 1.74. The van der Waals surface area contributed by atoms with E-state index >= 15 is 0 Å². The molecule has 0 radical (unpaired) electrons. The lowest BCUT2D eigenvalue weighted by Crippen LogP contribution is -3.00. The normalized spacial score (nSPS) is 10.6. The summed E-state index contributed by atoms with van der Waals surface area (Å²) in [5, 5.41) is 1.08. The van der Waals surface area contributed by atoms with E-state index in [1.54, 1.807) is 11.3 Å². The Labute approximate surface area is 154 Å². The second-order valence-corrected chi connectivity index (χ2v) is 6.92. The first-order chi connectivity index (χ1) is 9.65. The van der Waals surface area contributed by atoms with Crippen LogP contribution in [-0.4, -0.2) is 4.98 Å². The molecule has 0 fully saturated rings. The van der Waals surface area contributed by atoms with Gasteiger partial charge in [-0.3, -0.25) is 0 Å². The molecule has 0 atom stereocenters. The molecule has 0 unspecified atom stereocenters. The number of halogens is 2. The van der Waals surface area contributed by atoms with Crippen LogP contribution in [-0.2, 0) is 6.54 Å². The summed E-state index contributed by atoms with van der Waals surface area (Å²) >= 11 is 5.35. The van der Waals surface area contributed by atoms with E-state index in [-0.39, 0.29) is 24.0 Å². The molecule has 3 rings (SSSR count). The average Bonchev–Trinajstić information content (AvgIpc) is 2.81. The highest BCUT2D eigenvalue weighted by molar-refractivity contribution is 9.10. The molecule has 0 amide bonds. The largest absolute Gasteiger partial charge is 1.00 e. The highest BCUT2D eigenvalue weighted by Crippen LogP contribution is 2.31. The number of pyridine rings is 1. The molecule has 2 nitrogen and oxygen atoms in total. The van der Waals surface area contributed by atoms with Crippen molar-refractivity contribution in [3.05, 3.63) is 46.7 Å². The van der Waals surface area contributed by atoms with Crippen LogP contribution in [0.5, 0.6) is 0 Å². The van der Waals surface area contributed by atoms with Gasteiger partial charge < -0.3 is 24.0 Å². The summed E-state index contributed by atoms with van der Waals surface area (Å²) in [6.07, 6.45) is 5.42. The molecule has 0 aliphatic carbocycles. The Kier molecular flexibility index (Phi) is 5.73. The lowest BCUT2D eigenvalue weighted by Gasteiger charge is -1.98. The molecular formula is C16H16BrIN2S. The molecule has 2 aromatic heterocycles. The van der Waals surface area contributed by atoms with Crippen molar-refractivity contribution in [1.82, 2.24) is 4.98 Å². The molecule has 0 saturated heterocycles. The van der Waals surface area contributed by atoms with E-state index in [4.69, 9.17) is 4.98 Å².